The average Bonchev–Trinajstić information content (AvgIpc) is 3.03. The lowest BCUT2D eigenvalue weighted by atomic mass is 9.42. The maximum atomic E-state index is 11.6. The molecule has 0 amide bonds. The maximum Gasteiger partial charge on any atom is 0.109 e. The Morgan fingerprint density at radius 3 is 2.32 bits per heavy atom. The van der Waals surface area contributed by atoms with Gasteiger partial charge < -0.3 is 20.4 Å². The van der Waals surface area contributed by atoms with Crippen molar-refractivity contribution in [1.82, 2.24) is 0 Å². The molecule has 4 fully saturated rings. The third-order valence-electron chi connectivity index (χ3n) is 11.1. The normalized spacial score (nSPS) is 51.0. The van der Waals surface area contributed by atoms with Crippen molar-refractivity contribution in [2.75, 3.05) is 0 Å². The molecule has 10 atom stereocenters. The summed E-state index contributed by atoms with van der Waals surface area (Å²) in [5.74, 6) is 3.26. The van der Waals surface area contributed by atoms with Crippen LogP contribution in [-0.4, -0.2) is 43.8 Å². The van der Waals surface area contributed by atoms with Crippen molar-refractivity contribution in [1.29, 1.82) is 0 Å². The fourth-order valence-electron chi connectivity index (χ4n) is 9.32. The highest BCUT2D eigenvalue weighted by atomic mass is 16.4. The molecule has 4 aliphatic rings. The van der Waals surface area contributed by atoms with Crippen LogP contribution in [0.5, 0.6) is 0 Å². The Kier molecular flexibility index (Phi) is 6.16. The number of hydrogen-bond donors (Lipinski definition) is 4. The summed E-state index contributed by atoms with van der Waals surface area (Å²) in [4.78, 5) is 0. The van der Waals surface area contributed by atoms with Gasteiger partial charge in [-0.2, -0.15) is 0 Å². The quantitative estimate of drug-likeness (QED) is 0.505. The van der Waals surface area contributed by atoms with Gasteiger partial charge in [0.15, 0.2) is 0 Å². The van der Waals surface area contributed by atoms with E-state index in [0.29, 0.717) is 36.0 Å². The van der Waals surface area contributed by atoms with Gasteiger partial charge in [0, 0.05) is 5.41 Å². The topological polar surface area (TPSA) is 80.9 Å². The molecule has 4 N–H and O–H groups in total. The molecule has 0 aromatic heterocycles. The molecule has 31 heavy (non-hydrogen) atoms. The minimum Gasteiger partial charge on any atom is -0.390 e. The van der Waals surface area contributed by atoms with Crippen LogP contribution in [0.2, 0.25) is 0 Å². The van der Waals surface area contributed by atoms with Crippen molar-refractivity contribution in [2.24, 2.45) is 40.4 Å². The van der Waals surface area contributed by atoms with Crippen molar-refractivity contribution in [3.63, 3.8) is 0 Å². The number of rotatable bonds is 5. The van der Waals surface area contributed by atoms with Crippen LogP contribution < -0.4 is 0 Å². The standard InChI is InChI=1S/C27H48O4/c1-17(7-6-13-24(2,3)30)19-8-9-20-18-10-16-27(31)23(29)22(28)12-15-26(27,5)21(18)11-14-25(19,20)4/h17-23,28-31H,6-16H2,1-5H3/t17-,18+,19-,20+,21+,22+,23-,25-,26-,27-/m1/s1. The summed E-state index contributed by atoms with van der Waals surface area (Å²) in [6, 6.07) is 0. The van der Waals surface area contributed by atoms with Gasteiger partial charge in [-0.1, -0.05) is 33.6 Å². The van der Waals surface area contributed by atoms with Gasteiger partial charge in [0.25, 0.3) is 0 Å². The van der Waals surface area contributed by atoms with E-state index in [1.54, 1.807) is 0 Å². The fraction of sp³-hybridized carbons (Fsp3) is 1.00. The van der Waals surface area contributed by atoms with Gasteiger partial charge in [-0.15, -0.1) is 0 Å². The first-order valence-corrected chi connectivity index (χ1v) is 13.1. The Labute approximate surface area is 189 Å². The summed E-state index contributed by atoms with van der Waals surface area (Å²) in [5.41, 5.74) is -1.60. The SMILES string of the molecule is C[C@H](CCCC(C)(C)O)[C@H]1CC[C@H]2[C@@H]3CC[C@@]4(O)[C@H](O)[C@@H](O)CC[C@]4(C)[C@H]3CC[C@]12C. The van der Waals surface area contributed by atoms with E-state index >= 15 is 0 Å². The first kappa shape index (κ1) is 24.0. The Morgan fingerprint density at radius 2 is 1.65 bits per heavy atom. The summed E-state index contributed by atoms with van der Waals surface area (Å²) in [7, 11) is 0. The van der Waals surface area contributed by atoms with Crippen molar-refractivity contribution in [3.8, 4) is 0 Å². The van der Waals surface area contributed by atoms with Crippen molar-refractivity contribution in [2.45, 2.75) is 129 Å². The zero-order valence-corrected chi connectivity index (χ0v) is 20.6. The van der Waals surface area contributed by atoms with Crippen molar-refractivity contribution in [3.05, 3.63) is 0 Å². The van der Waals surface area contributed by atoms with E-state index in [1.165, 1.54) is 25.7 Å². The Hall–Kier alpha value is -0.160. The molecule has 0 bridgehead atoms. The first-order valence-electron chi connectivity index (χ1n) is 13.1. The van der Waals surface area contributed by atoms with Crippen molar-refractivity contribution >= 4 is 0 Å². The molecule has 0 spiro atoms. The molecule has 4 nitrogen and oxygen atoms in total. The predicted molar refractivity (Wildman–Crippen MR) is 123 cm³/mol. The van der Waals surface area contributed by atoms with Crippen LogP contribution in [0.25, 0.3) is 0 Å². The monoisotopic (exact) mass is 436 g/mol. The summed E-state index contributed by atoms with van der Waals surface area (Å²) in [6.45, 7) is 11.0. The third kappa shape index (κ3) is 3.72. The second kappa shape index (κ2) is 7.96. The van der Waals surface area contributed by atoms with Crippen LogP contribution in [0.3, 0.4) is 0 Å². The molecule has 4 saturated carbocycles. The van der Waals surface area contributed by atoms with Crippen LogP contribution in [-0.2, 0) is 0 Å². The van der Waals surface area contributed by atoms with Gasteiger partial charge in [-0.3, -0.25) is 0 Å². The van der Waals surface area contributed by atoms with Gasteiger partial charge >= 0.3 is 0 Å². The molecule has 4 aliphatic carbocycles. The van der Waals surface area contributed by atoms with E-state index in [4.69, 9.17) is 0 Å². The number of hydrogen-bond acceptors (Lipinski definition) is 4. The number of aliphatic hydroxyl groups is 4. The molecule has 0 aliphatic heterocycles. The van der Waals surface area contributed by atoms with Gasteiger partial charge in [-0.25, -0.2) is 0 Å². The van der Waals surface area contributed by atoms with Crippen LogP contribution >= 0.6 is 0 Å². The molecule has 0 unspecified atom stereocenters. The molecule has 4 heteroatoms. The smallest absolute Gasteiger partial charge is 0.109 e. The van der Waals surface area contributed by atoms with E-state index in [2.05, 4.69) is 20.8 Å². The highest BCUT2D eigenvalue weighted by molar-refractivity contribution is 5.17. The molecule has 0 aromatic carbocycles. The van der Waals surface area contributed by atoms with Crippen LogP contribution in [0.4, 0.5) is 0 Å². The van der Waals surface area contributed by atoms with E-state index in [0.717, 1.165) is 43.9 Å². The van der Waals surface area contributed by atoms with Gasteiger partial charge in [0.2, 0.25) is 0 Å². The Bertz CT molecular complexity index is 658. The lowest BCUT2D eigenvalue weighted by Crippen LogP contribution is -2.69. The van der Waals surface area contributed by atoms with E-state index in [-0.39, 0.29) is 5.41 Å². The zero-order valence-electron chi connectivity index (χ0n) is 20.6. The van der Waals surface area contributed by atoms with E-state index in [1.807, 2.05) is 13.8 Å². The maximum absolute atomic E-state index is 11.6. The highest BCUT2D eigenvalue weighted by Crippen LogP contribution is 2.69. The van der Waals surface area contributed by atoms with E-state index in [9.17, 15) is 20.4 Å². The van der Waals surface area contributed by atoms with Crippen LogP contribution in [0.15, 0.2) is 0 Å². The molecule has 180 valence electrons. The molecule has 0 heterocycles. The van der Waals surface area contributed by atoms with Crippen LogP contribution in [0.1, 0.15) is 105 Å². The van der Waals surface area contributed by atoms with Gasteiger partial charge in [-0.05, 0) is 107 Å². The molecule has 0 radical (unpaired) electrons. The summed E-state index contributed by atoms with van der Waals surface area (Å²) < 4.78 is 0. The number of fused-ring (bicyclic) bond motifs is 5. The molecule has 4 rings (SSSR count). The van der Waals surface area contributed by atoms with Crippen molar-refractivity contribution < 1.29 is 20.4 Å². The average molecular weight is 437 g/mol. The second-order valence-corrected chi connectivity index (χ2v) is 13.2. The largest absolute Gasteiger partial charge is 0.390 e. The highest BCUT2D eigenvalue weighted by Gasteiger charge is 2.67. The van der Waals surface area contributed by atoms with Gasteiger partial charge in [0.05, 0.1) is 17.3 Å². The summed E-state index contributed by atoms with van der Waals surface area (Å²) in [6.07, 6.45) is 9.41. The fourth-order valence-corrected chi connectivity index (χ4v) is 9.32. The first-order chi connectivity index (χ1) is 14.3. The lowest BCUT2D eigenvalue weighted by molar-refractivity contribution is -0.267. The Balaban J connectivity index is 1.49. The van der Waals surface area contributed by atoms with Gasteiger partial charge in [0.1, 0.15) is 6.10 Å². The lowest BCUT2D eigenvalue weighted by Gasteiger charge is -2.65. The molecular formula is C27H48O4. The Morgan fingerprint density at radius 1 is 0.935 bits per heavy atom. The molecule has 0 saturated heterocycles. The summed E-state index contributed by atoms with van der Waals surface area (Å²) in [5, 5.41) is 42.7. The zero-order chi connectivity index (χ0) is 22.8. The number of aliphatic hydroxyl groups excluding tert-OH is 2. The second-order valence-electron chi connectivity index (χ2n) is 13.2. The predicted octanol–water partition coefficient (Wildman–Crippen LogP) is 4.67. The summed E-state index contributed by atoms with van der Waals surface area (Å²) >= 11 is 0. The third-order valence-corrected chi connectivity index (χ3v) is 11.1. The van der Waals surface area contributed by atoms with Crippen LogP contribution in [0, 0.1) is 40.4 Å². The van der Waals surface area contributed by atoms with E-state index < -0.39 is 23.4 Å². The minimum absolute atomic E-state index is 0.285. The molecule has 0 aromatic rings. The minimum atomic E-state index is -1.14. The molecular weight excluding hydrogens is 388 g/mol.